The number of ether oxygens (including phenoxy) is 1. The molecule has 3 N–H and O–H groups in total. The average Bonchev–Trinajstić information content (AvgIpc) is 2.62. The van der Waals surface area contributed by atoms with Gasteiger partial charge in [-0.2, -0.15) is 0 Å². The van der Waals surface area contributed by atoms with Gasteiger partial charge in [-0.15, -0.1) is 0 Å². The van der Waals surface area contributed by atoms with E-state index in [0.717, 1.165) is 6.07 Å². The van der Waals surface area contributed by atoms with Crippen molar-refractivity contribution in [2.45, 2.75) is 30.3 Å². The first-order valence-corrected chi connectivity index (χ1v) is 9.65. The molecule has 152 valence electrons. The van der Waals surface area contributed by atoms with Crippen LogP contribution in [0.4, 0.5) is 4.39 Å². The van der Waals surface area contributed by atoms with Crippen molar-refractivity contribution in [2.75, 3.05) is 6.61 Å². The zero-order chi connectivity index (χ0) is 20.8. The Hall–Kier alpha value is -2.51. The van der Waals surface area contributed by atoms with Crippen LogP contribution in [-0.4, -0.2) is 34.6 Å². The van der Waals surface area contributed by atoms with Crippen molar-refractivity contribution in [3.8, 4) is 11.5 Å². The normalized spacial score (nSPS) is 24.1. The van der Waals surface area contributed by atoms with E-state index >= 15 is 0 Å². The van der Waals surface area contributed by atoms with Crippen molar-refractivity contribution in [1.29, 1.82) is 0 Å². The number of benzene rings is 2. The highest BCUT2D eigenvalue weighted by atomic mass is 35.5. The van der Waals surface area contributed by atoms with Crippen molar-refractivity contribution in [3.05, 3.63) is 57.8 Å². The lowest BCUT2D eigenvalue weighted by Gasteiger charge is -2.70. The maximum absolute atomic E-state index is 13.4. The second-order valence-corrected chi connectivity index (χ2v) is 8.44. The molecular weight excluding hydrogens is 422 g/mol. The zero-order valence-electron chi connectivity index (χ0n) is 15.1. The van der Waals surface area contributed by atoms with Crippen LogP contribution >= 0.6 is 23.2 Å². The summed E-state index contributed by atoms with van der Waals surface area (Å²) in [5.41, 5.74) is -0.376. The van der Waals surface area contributed by atoms with Gasteiger partial charge in [-0.05, 0) is 49.6 Å². The second kappa shape index (κ2) is 7.07. The van der Waals surface area contributed by atoms with Gasteiger partial charge in [0.15, 0.2) is 6.61 Å². The van der Waals surface area contributed by atoms with E-state index in [0.29, 0.717) is 24.8 Å². The van der Waals surface area contributed by atoms with Crippen molar-refractivity contribution in [1.82, 2.24) is 10.6 Å². The number of aromatic hydroxyl groups is 1. The van der Waals surface area contributed by atoms with Gasteiger partial charge in [0.05, 0.1) is 10.0 Å². The molecule has 6 nitrogen and oxygen atoms in total. The third-order valence-corrected chi connectivity index (χ3v) is 5.91. The van der Waals surface area contributed by atoms with Crippen molar-refractivity contribution in [3.63, 3.8) is 0 Å². The molecule has 29 heavy (non-hydrogen) atoms. The number of hydrogen-bond acceptors (Lipinski definition) is 4. The molecule has 0 saturated heterocycles. The molecule has 3 aliphatic rings. The van der Waals surface area contributed by atoms with E-state index in [-0.39, 0.29) is 51.0 Å². The van der Waals surface area contributed by atoms with Crippen LogP contribution in [0, 0.1) is 5.82 Å². The highest BCUT2D eigenvalue weighted by Crippen LogP contribution is 2.60. The molecule has 2 amide bonds. The first-order valence-electron chi connectivity index (χ1n) is 8.89. The molecule has 3 aliphatic carbocycles. The smallest absolute Gasteiger partial charge is 0.258 e. The number of phenolic OH excluding ortho intramolecular Hbond substituents is 1. The predicted molar refractivity (Wildman–Crippen MR) is 105 cm³/mol. The molecule has 2 bridgehead atoms. The van der Waals surface area contributed by atoms with Crippen molar-refractivity contribution in [2.24, 2.45) is 0 Å². The molecule has 9 heteroatoms. The number of halogens is 3. The highest BCUT2D eigenvalue weighted by Gasteiger charge is 2.69. The van der Waals surface area contributed by atoms with E-state index in [4.69, 9.17) is 27.9 Å². The molecule has 0 atom stereocenters. The fourth-order valence-electron chi connectivity index (χ4n) is 4.07. The van der Waals surface area contributed by atoms with Crippen LogP contribution in [0.25, 0.3) is 0 Å². The zero-order valence-corrected chi connectivity index (χ0v) is 16.6. The van der Waals surface area contributed by atoms with Gasteiger partial charge in [-0.3, -0.25) is 9.59 Å². The molecule has 0 heterocycles. The van der Waals surface area contributed by atoms with Crippen molar-refractivity contribution >= 4 is 35.0 Å². The van der Waals surface area contributed by atoms with E-state index in [1.807, 2.05) is 0 Å². The van der Waals surface area contributed by atoms with Crippen LogP contribution in [0.2, 0.25) is 10.0 Å². The SMILES string of the molecule is O=C(COc1ccc(Cl)c(F)c1)NC12CC(NC(=O)c3ccc(Cl)c(O)c3)(C1)C2. The summed E-state index contributed by atoms with van der Waals surface area (Å²) < 4.78 is 18.7. The lowest BCUT2D eigenvalue weighted by atomic mass is 9.44. The summed E-state index contributed by atoms with van der Waals surface area (Å²) in [7, 11) is 0. The number of nitrogens with one attached hydrogen (secondary N) is 2. The van der Waals surface area contributed by atoms with Crippen LogP contribution in [0.15, 0.2) is 36.4 Å². The first kappa shape index (κ1) is 19.8. The Labute approximate surface area is 175 Å². The predicted octanol–water partition coefficient (Wildman–Crippen LogP) is 3.44. The Morgan fingerprint density at radius 3 is 2.34 bits per heavy atom. The molecule has 0 spiro atoms. The average molecular weight is 439 g/mol. The number of phenols is 1. The summed E-state index contributed by atoms with van der Waals surface area (Å²) in [4.78, 5) is 24.5. The molecule has 2 aromatic carbocycles. The molecule has 0 unspecified atom stereocenters. The molecule has 3 fully saturated rings. The summed E-state index contributed by atoms with van der Waals surface area (Å²) in [5, 5.41) is 15.7. The Kier molecular flexibility index (Phi) is 4.83. The fraction of sp³-hybridized carbons (Fsp3) is 0.300. The van der Waals surface area contributed by atoms with E-state index in [9.17, 15) is 19.1 Å². The van der Waals surface area contributed by atoms with E-state index in [1.165, 1.54) is 30.3 Å². The van der Waals surface area contributed by atoms with Gasteiger partial charge in [-0.1, -0.05) is 23.2 Å². The number of rotatable bonds is 6. The van der Waals surface area contributed by atoms with Crippen LogP contribution in [-0.2, 0) is 4.79 Å². The standard InChI is InChI=1S/C20H17Cl2FN2O4/c21-13-4-2-12(6-15(13)23)29-7-17(27)24-19-8-20(9-19,10-19)25-18(28)11-1-3-14(22)16(26)5-11/h1-6,26H,7-10H2,(H,24,27)(H,25,28). The van der Waals surface area contributed by atoms with Gasteiger partial charge >= 0.3 is 0 Å². The van der Waals surface area contributed by atoms with E-state index in [1.54, 1.807) is 0 Å². The Balaban J connectivity index is 1.25. The summed E-state index contributed by atoms with van der Waals surface area (Å²) in [6.07, 6.45) is 1.85. The van der Waals surface area contributed by atoms with Gasteiger partial charge in [0.25, 0.3) is 11.8 Å². The number of carbonyl (C=O) groups is 2. The number of hydrogen-bond donors (Lipinski definition) is 3. The topological polar surface area (TPSA) is 87.7 Å². The maximum atomic E-state index is 13.4. The van der Waals surface area contributed by atoms with Crippen LogP contribution in [0.3, 0.4) is 0 Å². The monoisotopic (exact) mass is 438 g/mol. The summed E-state index contributed by atoms with van der Waals surface area (Å²) in [5.74, 6) is -1.17. The van der Waals surface area contributed by atoms with E-state index in [2.05, 4.69) is 10.6 Å². The molecule has 0 radical (unpaired) electrons. The Bertz CT molecular complexity index is 994. The lowest BCUT2D eigenvalue weighted by Crippen LogP contribution is -2.84. The molecular formula is C20H17Cl2FN2O4. The molecule has 0 aromatic heterocycles. The third-order valence-electron chi connectivity index (χ3n) is 5.28. The summed E-state index contributed by atoms with van der Waals surface area (Å²) in [6.45, 7) is -0.244. The Morgan fingerprint density at radius 2 is 1.69 bits per heavy atom. The highest BCUT2D eigenvalue weighted by molar-refractivity contribution is 6.32. The van der Waals surface area contributed by atoms with Gasteiger partial charge in [-0.25, -0.2) is 4.39 Å². The van der Waals surface area contributed by atoms with Gasteiger partial charge in [0, 0.05) is 22.7 Å². The third kappa shape index (κ3) is 3.84. The lowest BCUT2D eigenvalue weighted by molar-refractivity contribution is -0.141. The Morgan fingerprint density at radius 1 is 1.03 bits per heavy atom. The molecule has 2 aromatic rings. The van der Waals surface area contributed by atoms with Crippen LogP contribution in [0.5, 0.6) is 11.5 Å². The maximum Gasteiger partial charge on any atom is 0.258 e. The number of carbonyl (C=O) groups excluding carboxylic acids is 2. The van der Waals surface area contributed by atoms with Crippen LogP contribution in [0.1, 0.15) is 29.6 Å². The summed E-state index contributed by atoms with van der Waals surface area (Å²) >= 11 is 11.4. The van der Waals surface area contributed by atoms with Crippen LogP contribution < -0.4 is 15.4 Å². The fourth-order valence-corrected chi connectivity index (χ4v) is 4.30. The van der Waals surface area contributed by atoms with Gasteiger partial charge < -0.3 is 20.5 Å². The van der Waals surface area contributed by atoms with Crippen molar-refractivity contribution < 1.29 is 23.8 Å². The van der Waals surface area contributed by atoms with E-state index < -0.39 is 5.82 Å². The number of amides is 2. The molecule has 3 saturated carbocycles. The molecule has 5 rings (SSSR count). The second-order valence-electron chi connectivity index (χ2n) is 7.62. The minimum atomic E-state index is -0.615. The minimum Gasteiger partial charge on any atom is -0.506 e. The summed E-state index contributed by atoms with van der Waals surface area (Å²) in [6, 6.07) is 8.28. The van der Waals surface area contributed by atoms with Gasteiger partial charge in [0.1, 0.15) is 17.3 Å². The quantitative estimate of drug-likeness (QED) is 0.644. The molecule has 0 aliphatic heterocycles. The minimum absolute atomic E-state index is 0.0168. The largest absolute Gasteiger partial charge is 0.506 e. The first-order chi connectivity index (χ1) is 13.7. The van der Waals surface area contributed by atoms with Gasteiger partial charge in [0.2, 0.25) is 0 Å².